The fourth-order valence-electron chi connectivity index (χ4n) is 2.61. The van der Waals surface area contributed by atoms with Crippen LogP contribution in [-0.2, 0) is 14.8 Å². The van der Waals surface area contributed by atoms with E-state index in [0.29, 0.717) is 25.9 Å². The molecule has 0 spiro atoms. The second-order valence-corrected chi connectivity index (χ2v) is 7.54. The summed E-state index contributed by atoms with van der Waals surface area (Å²) in [5.41, 5.74) is 0. The predicted molar refractivity (Wildman–Crippen MR) is 79.1 cm³/mol. The maximum Gasteiger partial charge on any atom is 0.247 e. The van der Waals surface area contributed by atoms with E-state index in [1.54, 1.807) is 35.1 Å². The van der Waals surface area contributed by atoms with Crippen molar-refractivity contribution < 1.29 is 13.2 Å². The Morgan fingerprint density at radius 1 is 1.38 bits per heavy atom. The highest BCUT2D eigenvalue weighted by molar-refractivity contribution is 7.88. The third kappa shape index (κ3) is 3.62. The average Bonchev–Trinajstić information content (AvgIpc) is 2.98. The number of rotatable bonds is 4. The van der Waals surface area contributed by atoms with Crippen LogP contribution in [0.5, 0.6) is 0 Å². The quantitative estimate of drug-likeness (QED) is 0.802. The maximum absolute atomic E-state index is 12.4. The smallest absolute Gasteiger partial charge is 0.247 e. The molecule has 0 N–H and O–H groups in total. The molecule has 0 bridgehead atoms. The van der Waals surface area contributed by atoms with Gasteiger partial charge in [-0.1, -0.05) is 0 Å². The van der Waals surface area contributed by atoms with Gasteiger partial charge in [-0.3, -0.25) is 9.48 Å². The van der Waals surface area contributed by atoms with E-state index < -0.39 is 10.0 Å². The third-order valence-electron chi connectivity index (χ3n) is 4.09. The largest absolute Gasteiger partial charge is 0.341 e. The topological polar surface area (TPSA) is 75.5 Å². The highest BCUT2D eigenvalue weighted by atomic mass is 32.2. The summed E-state index contributed by atoms with van der Waals surface area (Å²) in [4.78, 5) is 14.2. The summed E-state index contributed by atoms with van der Waals surface area (Å²) in [7, 11) is -1.58. The van der Waals surface area contributed by atoms with Gasteiger partial charge in [0.25, 0.3) is 0 Å². The summed E-state index contributed by atoms with van der Waals surface area (Å²) in [5.74, 6) is 0.0270. The summed E-state index contributed by atoms with van der Waals surface area (Å²) in [6.07, 6.45) is 5.97. The first-order valence-corrected chi connectivity index (χ1v) is 8.86. The Morgan fingerprint density at radius 2 is 2.00 bits per heavy atom. The summed E-state index contributed by atoms with van der Waals surface area (Å²) >= 11 is 0. The summed E-state index contributed by atoms with van der Waals surface area (Å²) in [5, 5.41) is 4.09. The normalized spacial score (nSPS) is 19.0. The minimum absolute atomic E-state index is 0.0240. The number of piperidine rings is 1. The van der Waals surface area contributed by atoms with Crippen LogP contribution in [0, 0.1) is 0 Å². The molecule has 8 heteroatoms. The van der Waals surface area contributed by atoms with Crippen LogP contribution < -0.4 is 0 Å². The lowest BCUT2D eigenvalue weighted by atomic mass is 10.0. The maximum atomic E-state index is 12.4. The van der Waals surface area contributed by atoms with Gasteiger partial charge >= 0.3 is 0 Å². The van der Waals surface area contributed by atoms with Gasteiger partial charge in [-0.05, 0) is 25.8 Å². The Morgan fingerprint density at radius 3 is 2.48 bits per heavy atom. The lowest BCUT2D eigenvalue weighted by Crippen LogP contribution is -2.48. The zero-order valence-electron chi connectivity index (χ0n) is 12.6. The number of hydrogen-bond donors (Lipinski definition) is 0. The van der Waals surface area contributed by atoms with Gasteiger partial charge < -0.3 is 4.90 Å². The monoisotopic (exact) mass is 314 g/mol. The number of amides is 1. The Kier molecular flexibility index (Phi) is 4.67. The molecule has 7 nitrogen and oxygen atoms in total. The standard InChI is InChI=1S/C13H22N4O3S/c1-11(17-8-4-7-14-17)13(18)16-9-5-12(6-10-16)15(2)21(3,19)20/h4,7-8,11-12H,5-6,9-10H2,1-3H3. The molecule has 1 fully saturated rings. The van der Waals surface area contributed by atoms with E-state index in [-0.39, 0.29) is 18.0 Å². The number of hydrogen-bond acceptors (Lipinski definition) is 4. The molecule has 1 aliphatic rings. The van der Waals surface area contributed by atoms with Gasteiger partial charge in [0, 0.05) is 38.6 Å². The molecule has 0 saturated carbocycles. The fourth-order valence-corrected chi connectivity index (χ4v) is 3.36. The van der Waals surface area contributed by atoms with E-state index >= 15 is 0 Å². The molecule has 1 atom stereocenters. The highest BCUT2D eigenvalue weighted by Gasteiger charge is 2.30. The van der Waals surface area contributed by atoms with Crippen molar-refractivity contribution in [1.29, 1.82) is 0 Å². The lowest BCUT2D eigenvalue weighted by Gasteiger charge is -2.36. The van der Waals surface area contributed by atoms with Crippen LogP contribution in [0.2, 0.25) is 0 Å². The molecule has 0 aliphatic carbocycles. The molecular formula is C13H22N4O3S. The van der Waals surface area contributed by atoms with Gasteiger partial charge in [0.1, 0.15) is 6.04 Å². The number of aromatic nitrogens is 2. The first-order valence-electron chi connectivity index (χ1n) is 7.01. The molecule has 1 aromatic heterocycles. The van der Waals surface area contributed by atoms with Crippen molar-refractivity contribution in [3.8, 4) is 0 Å². The third-order valence-corrected chi connectivity index (χ3v) is 5.44. The molecule has 118 valence electrons. The van der Waals surface area contributed by atoms with E-state index in [2.05, 4.69) is 5.10 Å². The molecule has 0 aromatic carbocycles. The van der Waals surface area contributed by atoms with Crippen molar-refractivity contribution in [3.05, 3.63) is 18.5 Å². The molecular weight excluding hydrogens is 292 g/mol. The molecule has 1 aliphatic heterocycles. The fraction of sp³-hybridized carbons (Fsp3) is 0.692. The number of likely N-dealkylation sites (tertiary alicyclic amines) is 1. The first-order chi connectivity index (χ1) is 9.80. The van der Waals surface area contributed by atoms with E-state index in [1.807, 2.05) is 6.92 Å². The second-order valence-electron chi connectivity index (χ2n) is 5.50. The minimum Gasteiger partial charge on any atom is -0.341 e. The van der Waals surface area contributed by atoms with Crippen molar-refractivity contribution in [2.45, 2.75) is 31.8 Å². The van der Waals surface area contributed by atoms with Crippen LogP contribution >= 0.6 is 0 Å². The van der Waals surface area contributed by atoms with Crippen LogP contribution in [0.15, 0.2) is 18.5 Å². The minimum atomic E-state index is -3.18. The van der Waals surface area contributed by atoms with Gasteiger partial charge in [-0.15, -0.1) is 0 Å². The van der Waals surface area contributed by atoms with E-state index in [4.69, 9.17) is 0 Å². The van der Waals surface area contributed by atoms with Crippen molar-refractivity contribution in [2.75, 3.05) is 26.4 Å². The lowest BCUT2D eigenvalue weighted by molar-refractivity contribution is -0.135. The summed E-state index contributed by atoms with van der Waals surface area (Å²) in [6, 6.07) is 1.44. The molecule has 1 unspecified atom stereocenters. The molecule has 21 heavy (non-hydrogen) atoms. The first kappa shape index (κ1) is 16.0. The predicted octanol–water partition coefficient (Wildman–Crippen LogP) is 0.327. The van der Waals surface area contributed by atoms with Crippen molar-refractivity contribution in [3.63, 3.8) is 0 Å². The number of carbonyl (C=O) groups is 1. The molecule has 0 radical (unpaired) electrons. The zero-order valence-corrected chi connectivity index (χ0v) is 13.5. The summed E-state index contributed by atoms with van der Waals surface area (Å²) in [6.45, 7) is 2.98. The van der Waals surface area contributed by atoms with Gasteiger partial charge in [0.2, 0.25) is 15.9 Å². The van der Waals surface area contributed by atoms with Crippen LogP contribution in [-0.4, -0.2) is 65.7 Å². The van der Waals surface area contributed by atoms with Crippen molar-refractivity contribution in [1.82, 2.24) is 19.0 Å². The highest BCUT2D eigenvalue weighted by Crippen LogP contribution is 2.20. The molecule has 2 heterocycles. The van der Waals surface area contributed by atoms with Crippen LogP contribution in [0.4, 0.5) is 0 Å². The van der Waals surface area contributed by atoms with Crippen LogP contribution in [0.1, 0.15) is 25.8 Å². The Labute approximate surface area is 125 Å². The van der Waals surface area contributed by atoms with Crippen LogP contribution in [0.25, 0.3) is 0 Å². The Hall–Kier alpha value is -1.41. The van der Waals surface area contributed by atoms with E-state index in [9.17, 15) is 13.2 Å². The van der Waals surface area contributed by atoms with Crippen molar-refractivity contribution in [2.24, 2.45) is 0 Å². The van der Waals surface area contributed by atoms with Crippen molar-refractivity contribution >= 4 is 15.9 Å². The molecule has 1 amide bonds. The molecule has 1 aromatic rings. The average molecular weight is 314 g/mol. The zero-order chi connectivity index (χ0) is 15.6. The van der Waals surface area contributed by atoms with Gasteiger partial charge in [-0.25, -0.2) is 12.7 Å². The van der Waals surface area contributed by atoms with Gasteiger partial charge in [0.15, 0.2) is 0 Å². The van der Waals surface area contributed by atoms with E-state index in [1.165, 1.54) is 10.6 Å². The van der Waals surface area contributed by atoms with Gasteiger partial charge in [-0.2, -0.15) is 5.10 Å². The number of carbonyl (C=O) groups excluding carboxylic acids is 1. The molecule has 1 saturated heterocycles. The van der Waals surface area contributed by atoms with Gasteiger partial charge in [0.05, 0.1) is 6.26 Å². The van der Waals surface area contributed by atoms with E-state index in [0.717, 1.165) is 0 Å². The Balaban J connectivity index is 1.93. The SMILES string of the molecule is CC(C(=O)N1CCC(N(C)S(C)(=O)=O)CC1)n1cccn1. The second kappa shape index (κ2) is 6.15. The number of sulfonamides is 1. The van der Waals surface area contributed by atoms with Crippen LogP contribution in [0.3, 0.4) is 0 Å². The molecule has 2 rings (SSSR count). The number of nitrogens with zero attached hydrogens (tertiary/aromatic N) is 4. The summed E-state index contributed by atoms with van der Waals surface area (Å²) < 4.78 is 26.1. The Bertz CT molecular complexity index is 577.